The predicted octanol–water partition coefficient (Wildman–Crippen LogP) is 5.72. The Morgan fingerprint density at radius 2 is 1.68 bits per heavy atom. The lowest BCUT2D eigenvalue weighted by Crippen LogP contribution is -2.25. The molecule has 0 radical (unpaired) electrons. The Bertz CT molecular complexity index is 1090. The molecule has 1 aliphatic heterocycles. The first-order valence-corrected chi connectivity index (χ1v) is 11.5. The maximum absolute atomic E-state index is 12.6. The third kappa shape index (κ3) is 5.17. The molecule has 0 fully saturated rings. The molecule has 0 bridgehead atoms. The minimum atomic E-state index is -0.151. The molecular formula is C26H26N2O2S. The van der Waals surface area contributed by atoms with Crippen LogP contribution in [-0.4, -0.2) is 18.4 Å². The van der Waals surface area contributed by atoms with Crippen LogP contribution in [0.25, 0.3) is 0 Å². The molecular weight excluding hydrogens is 404 g/mol. The molecule has 1 heterocycles. The highest BCUT2D eigenvalue weighted by Gasteiger charge is 2.20. The maximum Gasteiger partial charge on any atom is 0.256 e. The number of carbonyl (C=O) groups is 2. The van der Waals surface area contributed by atoms with Gasteiger partial charge in [-0.25, -0.2) is 0 Å². The van der Waals surface area contributed by atoms with Gasteiger partial charge in [-0.1, -0.05) is 61.5 Å². The summed E-state index contributed by atoms with van der Waals surface area (Å²) in [6.07, 6.45) is 4.31. The summed E-state index contributed by atoms with van der Waals surface area (Å²) < 4.78 is 0. The first-order chi connectivity index (χ1) is 15.1. The maximum atomic E-state index is 12.6. The molecule has 1 aliphatic rings. The summed E-state index contributed by atoms with van der Waals surface area (Å²) in [5.41, 5.74) is 4.43. The fraction of sp³-hybridized carbons (Fsp3) is 0.231. The molecule has 4 nitrogen and oxygen atoms in total. The fourth-order valence-electron chi connectivity index (χ4n) is 3.59. The van der Waals surface area contributed by atoms with Gasteiger partial charge < -0.3 is 10.6 Å². The second kappa shape index (κ2) is 9.84. The monoisotopic (exact) mass is 430 g/mol. The van der Waals surface area contributed by atoms with Crippen molar-refractivity contribution in [2.75, 3.05) is 11.9 Å². The molecule has 4 rings (SSSR count). The lowest BCUT2D eigenvalue weighted by Gasteiger charge is -2.10. The molecule has 0 saturated carbocycles. The largest absolute Gasteiger partial charge is 0.352 e. The molecule has 0 atom stereocenters. The van der Waals surface area contributed by atoms with Crippen LogP contribution in [-0.2, 0) is 12.8 Å². The number of nitrogens with one attached hydrogen (secondary N) is 2. The number of anilines is 1. The Kier molecular flexibility index (Phi) is 6.73. The Morgan fingerprint density at radius 3 is 2.45 bits per heavy atom. The topological polar surface area (TPSA) is 58.2 Å². The summed E-state index contributed by atoms with van der Waals surface area (Å²) in [5, 5.41) is 5.92. The third-order valence-corrected chi connectivity index (χ3v) is 6.53. The van der Waals surface area contributed by atoms with E-state index in [1.807, 2.05) is 36.4 Å². The van der Waals surface area contributed by atoms with Gasteiger partial charge in [0.15, 0.2) is 0 Å². The number of hydrogen-bond donors (Lipinski definition) is 2. The van der Waals surface area contributed by atoms with Crippen LogP contribution < -0.4 is 10.6 Å². The van der Waals surface area contributed by atoms with E-state index < -0.39 is 0 Å². The highest BCUT2D eigenvalue weighted by molar-refractivity contribution is 7.99. The van der Waals surface area contributed by atoms with Crippen LogP contribution in [0.2, 0.25) is 0 Å². The lowest BCUT2D eigenvalue weighted by molar-refractivity contribution is 0.0952. The minimum absolute atomic E-state index is 0.136. The van der Waals surface area contributed by atoms with Gasteiger partial charge in [-0.2, -0.15) is 0 Å². The van der Waals surface area contributed by atoms with Gasteiger partial charge in [-0.05, 0) is 60.7 Å². The van der Waals surface area contributed by atoms with Crippen molar-refractivity contribution in [2.45, 2.75) is 42.4 Å². The number of unbranched alkanes of at least 4 members (excludes halogenated alkanes) is 1. The van der Waals surface area contributed by atoms with Crippen LogP contribution in [0.5, 0.6) is 0 Å². The van der Waals surface area contributed by atoms with E-state index in [1.165, 1.54) is 35.7 Å². The van der Waals surface area contributed by atoms with Crippen LogP contribution in [0.1, 0.15) is 51.6 Å². The van der Waals surface area contributed by atoms with Crippen LogP contribution in [0.3, 0.4) is 0 Å². The van der Waals surface area contributed by atoms with E-state index in [9.17, 15) is 9.59 Å². The van der Waals surface area contributed by atoms with Crippen molar-refractivity contribution < 1.29 is 9.59 Å². The smallest absolute Gasteiger partial charge is 0.256 e. The SMILES string of the molecule is CCCCc1ccc(CCNC(=O)c2ccc3c(c2)NC(=O)c2ccccc2S3)cc1. The van der Waals surface area contributed by atoms with Gasteiger partial charge in [-0.15, -0.1) is 0 Å². The Labute approximate surface area is 187 Å². The molecule has 0 saturated heterocycles. The summed E-state index contributed by atoms with van der Waals surface area (Å²) >= 11 is 1.53. The summed E-state index contributed by atoms with van der Waals surface area (Å²) in [6.45, 7) is 2.77. The fourth-order valence-corrected chi connectivity index (χ4v) is 4.60. The number of rotatable bonds is 7. The summed E-state index contributed by atoms with van der Waals surface area (Å²) in [4.78, 5) is 27.0. The van der Waals surface area contributed by atoms with Crippen molar-refractivity contribution in [1.29, 1.82) is 0 Å². The molecule has 5 heteroatoms. The van der Waals surface area contributed by atoms with Gasteiger partial charge in [0.2, 0.25) is 0 Å². The Hall–Kier alpha value is -3.05. The lowest BCUT2D eigenvalue weighted by atomic mass is 10.0. The van der Waals surface area contributed by atoms with Crippen molar-refractivity contribution in [1.82, 2.24) is 5.32 Å². The van der Waals surface area contributed by atoms with E-state index in [-0.39, 0.29) is 11.8 Å². The molecule has 0 aliphatic carbocycles. The van der Waals surface area contributed by atoms with Crippen LogP contribution in [0.4, 0.5) is 5.69 Å². The number of hydrogen-bond acceptors (Lipinski definition) is 3. The summed E-state index contributed by atoms with van der Waals surface area (Å²) in [6, 6.07) is 21.6. The van der Waals surface area contributed by atoms with Crippen molar-refractivity contribution >= 4 is 29.3 Å². The quantitative estimate of drug-likeness (QED) is 0.504. The molecule has 3 aromatic carbocycles. The molecule has 158 valence electrons. The van der Waals surface area contributed by atoms with Gasteiger partial charge in [0.25, 0.3) is 11.8 Å². The van der Waals surface area contributed by atoms with Gasteiger partial charge in [-0.3, -0.25) is 9.59 Å². The summed E-state index contributed by atoms with van der Waals surface area (Å²) in [5.74, 6) is -0.287. The molecule has 2 amide bonds. The van der Waals surface area contributed by atoms with E-state index in [0.717, 1.165) is 22.6 Å². The summed E-state index contributed by atoms with van der Waals surface area (Å²) in [7, 11) is 0. The number of amides is 2. The second-order valence-electron chi connectivity index (χ2n) is 7.69. The predicted molar refractivity (Wildman–Crippen MR) is 126 cm³/mol. The first-order valence-electron chi connectivity index (χ1n) is 10.7. The zero-order valence-electron chi connectivity index (χ0n) is 17.6. The Balaban J connectivity index is 1.37. The molecule has 0 spiro atoms. The standard InChI is InChI=1S/C26H26N2O2S/c1-2-3-6-18-9-11-19(12-10-18)15-16-27-25(29)20-13-14-24-22(17-20)28-26(30)21-7-4-5-8-23(21)31-24/h4-5,7-14,17H,2-3,6,15-16H2,1H3,(H,27,29)(H,28,30). The number of aryl methyl sites for hydroxylation is 1. The van der Waals surface area contributed by atoms with E-state index in [1.54, 1.807) is 6.07 Å². The molecule has 31 heavy (non-hydrogen) atoms. The molecule has 3 aromatic rings. The first kappa shape index (κ1) is 21.2. The van der Waals surface area contributed by atoms with Crippen LogP contribution in [0.15, 0.2) is 76.5 Å². The number of fused-ring (bicyclic) bond motifs is 2. The highest BCUT2D eigenvalue weighted by atomic mass is 32.2. The third-order valence-electron chi connectivity index (χ3n) is 5.38. The van der Waals surface area contributed by atoms with E-state index in [4.69, 9.17) is 0 Å². The van der Waals surface area contributed by atoms with Gasteiger partial charge in [0, 0.05) is 21.9 Å². The number of benzene rings is 3. The molecule has 0 unspecified atom stereocenters. The minimum Gasteiger partial charge on any atom is -0.352 e. The molecule has 2 N–H and O–H groups in total. The number of carbonyl (C=O) groups excluding carboxylic acids is 2. The van der Waals surface area contributed by atoms with Crippen molar-refractivity contribution in [3.63, 3.8) is 0 Å². The van der Waals surface area contributed by atoms with E-state index in [0.29, 0.717) is 23.4 Å². The van der Waals surface area contributed by atoms with Crippen LogP contribution in [0, 0.1) is 0 Å². The zero-order chi connectivity index (χ0) is 21.6. The van der Waals surface area contributed by atoms with Crippen molar-refractivity contribution in [3.8, 4) is 0 Å². The second-order valence-corrected chi connectivity index (χ2v) is 8.77. The van der Waals surface area contributed by atoms with E-state index >= 15 is 0 Å². The van der Waals surface area contributed by atoms with Crippen LogP contribution >= 0.6 is 11.8 Å². The molecule has 0 aromatic heterocycles. The van der Waals surface area contributed by atoms with Gasteiger partial charge in [0.1, 0.15) is 0 Å². The van der Waals surface area contributed by atoms with Crippen molar-refractivity contribution in [2.24, 2.45) is 0 Å². The zero-order valence-corrected chi connectivity index (χ0v) is 18.4. The average molecular weight is 431 g/mol. The van der Waals surface area contributed by atoms with Gasteiger partial charge >= 0.3 is 0 Å². The van der Waals surface area contributed by atoms with Crippen molar-refractivity contribution in [3.05, 3.63) is 89.0 Å². The average Bonchev–Trinajstić information content (AvgIpc) is 2.93. The normalized spacial score (nSPS) is 12.4. The van der Waals surface area contributed by atoms with E-state index in [2.05, 4.69) is 41.8 Å². The Morgan fingerprint density at radius 1 is 0.935 bits per heavy atom. The van der Waals surface area contributed by atoms with Gasteiger partial charge in [0.05, 0.1) is 11.3 Å². The highest BCUT2D eigenvalue weighted by Crippen LogP contribution is 2.38.